The van der Waals surface area contributed by atoms with Crippen molar-refractivity contribution in [3.8, 4) is 5.75 Å². The number of nitrogens with zero attached hydrogens (tertiary/aromatic N) is 1. The Morgan fingerprint density at radius 1 is 1.41 bits per heavy atom. The van der Waals surface area contributed by atoms with Gasteiger partial charge >= 0.3 is 0 Å². The van der Waals surface area contributed by atoms with Crippen molar-refractivity contribution in [1.82, 2.24) is 10.2 Å². The summed E-state index contributed by atoms with van der Waals surface area (Å²) in [5.74, 6) is 0.855. The SMILES string of the molecule is COCCNCC(=O)N1CCc2sccc2C1COc1ccc(Cl)c(C)c1. The second-order valence-electron chi connectivity index (χ2n) is 6.54. The molecular formula is C20H25ClN2O3S. The van der Waals surface area contributed by atoms with Crippen LogP contribution in [-0.4, -0.2) is 50.8 Å². The summed E-state index contributed by atoms with van der Waals surface area (Å²) in [6, 6.07) is 7.67. The van der Waals surface area contributed by atoms with Gasteiger partial charge in [-0.2, -0.15) is 0 Å². The molecule has 0 radical (unpaired) electrons. The molecule has 0 aliphatic carbocycles. The minimum Gasteiger partial charge on any atom is -0.491 e. The van der Waals surface area contributed by atoms with Crippen LogP contribution in [0.25, 0.3) is 0 Å². The Balaban J connectivity index is 1.69. The fraction of sp³-hybridized carbons (Fsp3) is 0.450. The predicted molar refractivity (Wildman–Crippen MR) is 109 cm³/mol. The summed E-state index contributed by atoms with van der Waals surface area (Å²) in [7, 11) is 1.65. The molecule has 1 amide bonds. The number of amides is 1. The second-order valence-corrected chi connectivity index (χ2v) is 7.95. The van der Waals surface area contributed by atoms with Crippen molar-refractivity contribution in [2.45, 2.75) is 19.4 Å². The lowest BCUT2D eigenvalue weighted by Crippen LogP contribution is -2.46. The molecule has 1 aliphatic heterocycles. The van der Waals surface area contributed by atoms with Gasteiger partial charge in [0.25, 0.3) is 0 Å². The van der Waals surface area contributed by atoms with E-state index in [-0.39, 0.29) is 11.9 Å². The number of aryl methyl sites for hydroxylation is 1. The highest BCUT2D eigenvalue weighted by molar-refractivity contribution is 7.10. The van der Waals surface area contributed by atoms with Gasteiger partial charge in [0.1, 0.15) is 12.4 Å². The van der Waals surface area contributed by atoms with E-state index >= 15 is 0 Å². The lowest BCUT2D eigenvalue weighted by Gasteiger charge is -2.36. The van der Waals surface area contributed by atoms with Gasteiger partial charge in [0.2, 0.25) is 5.91 Å². The minimum absolute atomic E-state index is 0.0762. The number of thiophene rings is 1. The molecule has 0 bridgehead atoms. The molecule has 7 heteroatoms. The third-order valence-corrected chi connectivity index (χ3v) is 6.13. The molecule has 1 aliphatic rings. The first kappa shape index (κ1) is 20.1. The molecule has 0 saturated heterocycles. The van der Waals surface area contributed by atoms with Crippen molar-refractivity contribution >= 4 is 28.8 Å². The summed E-state index contributed by atoms with van der Waals surface area (Å²) in [4.78, 5) is 16.0. The van der Waals surface area contributed by atoms with Gasteiger partial charge in [-0.25, -0.2) is 0 Å². The van der Waals surface area contributed by atoms with Crippen LogP contribution in [0.2, 0.25) is 5.02 Å². The first-order chi connectivity index (χ1) is 13.1. The molecule has 1 aromatic carbocycles. The maximum absolute atomic E-state index is 12.8. The summed E-state index contributed by atoms with van der Waals surface area (Å²) in [5.41, 5.74) is 2.17. The van der Waals surface area contributed by atoms with Crippen LogP contribution in [0.5, 0.6) is 5.75 Å². The quantitative estimate of drug-likeness (QED) is 0.680. The molecule has 0 fully saturated rings. The van der Waals surface area contributed by atoms with E-state index in [0.29, 0.717) is 32.8 Å². The van der Waals surface area contributed by atoms with Crippen molar-refractivity contribution in [3.63, 3.8) is 0 Å². The fourth-order valence-electron chi connectivity index (χ4n) is 3.23. The lowest BCUT2D eigenvalue weighted by atomic mass is 10.0. The molecule has 0 spiro atoms. The fourth-order valence-corrected chi connectivity index (χ4v) is 4.27. The molecule has 27 heavy (non-hydrogen) atoms. The number of fused-ring (bicyclic) bond motifs is 1. The van der Waals surface area contributed by atoms with Crippen molar-refractivity contribution in [3.05, 3.63) is 50.7 Å². The van der Waals surface area contributed by atoms with Crippen molar-refractivity contribution in [1.29, 1.82) is 0 Å². The number of nitrogens with one attached hydrogen (secondary N) is 1. The molecule has 1 aromatic heterocycles. The van der Waals surface area contributed by atoms with E-state index in [1.807, 2.05) is 30.0 Å². The Bertz CT molecular complexity index is 780. The second kappa shape index (κ2) is 9.55. The van der Waals surface area contributed by atoms with Crippen LogP contribution >= 0.6 is 22.9 Å². The topological polar surface area (TPSA) is 50.8 Å². The van der Waals surface area contributed by atoms with E-state index in [0.717, 1.165) is 22.8 Å². The number of carbonyl (C=O) groups is 1. The lowest BCUT2D eigenvalue weighted by molar-refractivity contribution is -0.133. The first-order valence-corrected chi connectivity index (χ1v) is 10.3. The maximum atomic E-state index is 12.8. The number of benzene rings is 1. The Hall–Kier alpha value is -1.60. The number of carbonyl (C=O) groups excluding carboxylic acids is 1. The molecule has 2 heterocycles. The molecule has 1 unspecified atom stereocenters. The van der Waals surface area contributed by atoms with Gasteiger partial charge in [-0.3, -0.25) is 4.79 Å². The van der Waals surface area contributed by atoms with Crippen LogP contribution < -0.4 is 10.1 Å². The van der Waals surface area contributed by atoms with Gasteiger partial charge < -0.3 is 19.7 Å². The predicted octanol–water partition coefficient (Wildman–Crippen LogP) is 3.45. The zero-order valence-corrected chi connectivity index (χ0v) is 17.2. The zero-order chi connectivity index (χ0) is 19.2. The van der Waals surface area contributed by atoms with Crippen molar-refractivity contribution in [2.24, 2.45) is 0 Å². The van der Waals surface area contributed by atoms with E-state index in [9.17, 15) is 4.79 Å². The molecule has 1 N–H and O–H groups in total. The van der Waals surface area contributed by atoms with Crippen LogP contribution in [0, 0.1) is 6.92 Å². The number of hydrogen-bond acceptors (Lipinski definition) is 5. The smallest absolute Gasteiger partial charge is 0.237 e. The molecule has 146 valence electrons. The molecule has 1 atom stereocenters. The number of rotatable bonds is 8. The van der Waals surface area contributed by atoms with Crippen LogP contribution in [0.3, 0.4) is 0 Å². The molecule has 5 nitrogen and oxygen atoms in total. The highest BCUT2D eigenvalue weighted by Gasteiger charge is 2.31. The third kappa shape index (κ3) is 5.02. The van der Waals surface area contributed by atoms with Gasteiger partial charge in [-0.05, 0) is 54.1 Å². The molecule has 0 saturated carbocycles. The molecule has 3 rings (SSSR count). The maximum Gasteiger partial charge on any atom is 0.237 e. The number of methoxy groups -OCH3 is 1. The average Bonchev–Trinajstić information content (AvgIpc) is 3.14. The summed E-state index contributed by atoms with van der Waals surface area (Å²) in [5, 5.41) is 5.95. The summed E-state index contributed by atoms with van der Waals surface area (Å²) in [6.07, 6.45) is 0.896. The van der Waals surface area contributed by atoms with Crippen molar-refractivity contribution < 1.29 is 14.3 Å². The normalized spacial score (nSPS) is 16.3. The third-order valence-electron chi connectivity index (χ3n) is 4.71. The van der Waals surface area contributed by atoms with Crippen LogP contribution in [0.4, 0.5) is 0 Å². The van der Waals surface area contributed by atoms with Gasteiger partial charge in [-0.1, -0.05) is 11.6 Å². The average molecular weight is 409 g/mol. The standard InChI is InChI=1S/C20H25ClN2O3S/c1-14-11-15(3-4-17(14)21)26-13-18-16-6-10-27-19(16)5-8-23(18)20(24)12-22-7-9-25-2/h3-4,6,10-11,18,22H,5,7-9,12-13H2,1-2H3. The summed E-state index contributed by atoms with van der Waals surface area (Å²) < 4.78 is 11.1. The zero-order valence-electron chi connectivity index (χ0n) is 15.7. The summed E-state index contributed by atoms with van der Waals surface area (Å²) in [6.45, 7) is 4.64. The Morgan fingerprint density at radius 2 is 2.26 bits per heavy atom. The van der Waals surface area contributed by atoms with E-state index in [2.05, 4.69) is 16.8 Å². The van der Waals surface area contributed by atoms with E-state index in [1.165, 1.54) is 10.4 Å². The molecule has 2 aromatic rings. The van der Waals surface area contributed by atoms with Crippen LogP contribution in [0.1, 0.15) is 22.0 Å². The number of ether oxygens (including phenoxy) is 2. The highest BCUT2D eigenvalue weighted by atomic mass is 35.5. The van der Waals surface area contributed by atoms with Crippen LogP contribution in [-0.2, 0) is 16.0 Å². The van der Waals surface area contributed by atoms with E-state index < -0.39 is 0 Å². The highest BCUT2D eigenvalue weighted by Crippen LogP contribution is 2.34. The van der Waals surface area contributed by atoms with E-state index in [4.69, 9.17) is 21.1 Å². The van der Waals surface area contributed by atoms with Crippen LogP contribution in [0.15, 0.2) is 29.6 Å². The number of hydrogen-bond donors (Lipinski definition) is 1. The Kier molecular flexibility index (Phi) is 7.13. The van der Waals surface area contributed by atoms with Gasteiger partial charge in [-0.15, -0.1) is 11.3 Å². The van der Waals surface area contributed by atoms with Gasteiger partial charge in [0, 0.05) is 30.1 Å². The first-order valence-electron chi connectivity index (χ1n) is 9.04. The number of halogens is 1. The largest absolute Gasteiger partial charge is 0.491 e. The Labute approximate surface area is 169 Å². The monoisotopic (exact) mass is 408 g/mol. The minimum atomic E-state index is -0.0762. The molecular weight excluding hydrogens is 384 g/mol. The van der Waals surface area contributed by atoms with Gasteiger partial charge in [0.05, 0.1) is 19.2 Å². The summed E-state index contributed by atoms with van der Waals surface area (Å²) >= 11 is 7.84. The Morgan fingerprint density at radius 3 is 3.04 bits per heavy atom. The van der Waals surface area contributed by atoms with Gasteiger partial charge in [0.15, 0.2) is 0 Å². The van der Waals surface area contributed by atoms with E-state index in [1.54, 1.807) is 18.4 Å². The van der Waals surface area contributed by atoms with Crippen molar-refractivity contribution in [2.75, 3.05) is 40.0 Å².